The summed E-state index contributed by atoms with van der Waals surface area (Å²) in [5, 5.41) is 56.7. The summed E-state index contributed by atoms with van der Waals surface area (Å²) >= 11 is 20.7. The van der Waals surface area contributed by atoms with Gasteiger partial charge in [0, 0.05) is 9.86 Å². The highest BCUT2D eigenvalue weighted by Gasteiger charge is 2.46. The van der Waals surface area contributed by atoms with Crippen LogP contribution >= 0.6 is 50.7 Å². The van der Waals surface area contributed by atoms with Crippen LogP contribution in [0.2, 0.25) is 5.02 Å². The standard InChI is InChI=1S/C19H16BrCl3N4O7/c20-7-1-6-9(2-8(7)21)26-27(11(6)4-24)10-3-13(19(32)33)34-16(15(30)12(29)5-28)14(10)25-18(31)17(22)23/h1-3,10,12,14-17,28-30H,5H2,(H,25,31)(H,32,33)/t10-,12+,14+,15+,16+/m0/s1. The topological polar surface area (TPSA) is 178 Å². The highest BCUT2D eigenvalue weighted by Crippen LogP contribution is 2.35. The van der Waals surface area contributed by atoms with Gasteiger partial charge < -0.3 is 30.5 Å². The molecule has 2 heterocycles. The molecule has 5 N–H and O–H groups in total. The van der Waals surface area contributed by atoms with Crippen LogP contribution in [0.5, 0.6) is 0 Å². The molecule has 5 atom stereocenters. The fourth-order valence-corrected chi connectivity index (χ4v) is 4.11. The average Bonchev–Trinajstić information content (AvgIpc) is 3.14. The molecule has 3 rings (SSSR count). The lowest BCUT2D eigenvalue weighted by Gasteiger charge is -2.40. The number of carbonyl (C=O) groups excluding carboxylic acids is 1. The monoisotopic (exact) mass is 596 g/mol. The number of hydrogen-bond donors (Lipinski definition) is 5. The van der Waals surface area contributed by atoms with Crippen molar-refractivity contribution in [3.05, 3.63) is 39.2 Å². The van der Waals surface area contributed by atoms with Gasteiger partial charge in [-0.2, -0.15) is 10.4 Å². The molecular weight excluding hydrogens is 582 g/mol. The Labute approximate surface area is 215 Å². The van der Waals surface area contributed by atoms with Crippen molar-refractivity contribution in [1.82, 2.24) is 15.1 Å². The number of nitrogens with one attached hydrogen (secondary N) is 1. The number of carboxylic acid groups (broad SMARTS) is 1. The zero-order valence-corrected chi connectivity index (χ0v) is 20.6. The second kappa shape index (κ2) is 10.7. The van der Waals surface area contributed by atoms with Gasteiger partial charge in [-0.3, -0.25) is 4.79 Å². The molecule has 0 bridgehead atoms. The summed E-state index contributed by atoms with van der Waals surface area (Å²) < 4.78 is 6.96. The van der Waals surface area contributed by atoms with Crippen LogP contribution in [0, 0.1) is 11.3 Å². The maximum atomic E-state index is 12.3. The molecule has 0 fully saturated rings. The highest BCUT2D eigenvalue weighted by atomic mass is 79.9. The van der Waals surface area contributed by atoms with Gasteiger partial charge in [0.1, 0.15) is 30.1 Å². The Hall–Kier alpha value is -2.11. The maximum absolute atomic E-state index is 12.3. The molecular formula is C19H16BrCl3N4O7. The Bertz CT molecular complexity index is 1200. The normalized spacial score (nSPS) is 22.0. The first-order valence-corrected chi connectivity index (χ1v) is 11.5. The molecule has 182 valence electrons. The van der Waals surface area contributed by atoms with E-state index in [4.69, 9.17) is 39.5 Å². The molecule has 1 aromatic heterocycles. The van der Waals surface area contributed by atoms with E-state index in [0.29, 0.717) is 14.9 Å². The molecule has 0 saturated carbocycles. The Balaban J connectivity index is 2.25. The lowest BCUT2D eigenvalue weighted by Crippen LogP contribution is -2.59. The minimum absolute atomic E-state index is 0.0243. The summed E-state index contributed by atoms with van der Waals surface area (Å²) in [7, 11) is 0. The van der Waals surface area contributed by atoms with Gasteiger partial charge in [0.25, 0.3) is 5.91 Å². The summed E-state index contributed by atoms with van der Waals surface area (Å²) in [5.74, 6) is -3.11. The average molecular weight is 599 g/mol. The first-order chi connectivity index (χ1) is 16.0. The van der Waals surface area contributed by atoms with Crippen molar-refractivity contribution in [2.75, 3.05) is 6.61 Å². The number of halogens is 4. The van der Waals surface area contributed by atoms with E-state index in [1.165, 1.54) is 6.07 Å². The molecule has 0 radical (unpaired) electrons. The van der Waals surface area contributed by atoms with E-state index >= 15 is 0 Å². The number of nitrogens with zero attached hydrogens (tertiary/aromatic N) is 3. The third-order valence-electron chi connectivity index (χ3n) is 5.07. The summed E-state index contributed by atoms with van der Waals surface area (Å²) in [6, 6.07) is 2.43. The van der Waals surface area contributed by atoms with Gasteiger partial charge in [-0.05, 0) is 34.1 Å². The summed E-state index contributed by atoms with van der Waals surface area (Å²) in [5.41, 5.74) is 0.260. The van der Waals surface area contributed by atoms with Crippen molar-refractivity contribution >= 4 is 73.5 Å². The molecule has 0 spiro atoms. The van der Waals surface area contributed by atoms with Crippen LogP contribution in [-0.2, 0) is 14.3 Å². The number of carboxylic acids is 1. The van der Waals surface area contributed by atoms with Crippen molar-refractivity contribution in [3.63, 3.8) is 0 Å². The van der Waals surface area contributed by atoms with Crippen LogP contribution in [0.25, 0.3) is 10.9 Å². The fraction of sp³-hybridized carbons (Fsp3) is 0.368. The number of benzene rings is 1. The van der Waals surface area contributed by atoms with Crippen molar-refractivity contribution in [3.8, 4) is 6.07 Å². The quantitative estimate of drug-likeness (QED) is 0.293. The lowest BCUT2D eigenvalue weighted by molar-refractivity contribution is -0.147. The van der Waals surface area contributed by atoms with E-state index in [1.54, 1.807) is 6.07 Å². The number of fused-ring (bicyclic) bond motifs is 1. The minimum Gasteiger partial charge on any atom is -0.478 e. The molecule has 0 aliphatic carbocycles. The van der Waals surface area contributed by atoms with E-state index in [0.717, 1.165) is 10.8 Å². The number of rotatable bonds is 7. The minimum atomic E-state index is -1.87. The predicted molar refractivity (Wildman–Crippen MR) is 123 cm³/mol. The first kappa shape index (κ1) is 26.5. The Morgan fingerprint density at radius 2 is 2.03 bits per heavy atom. The van der Waals surface area contributed by atoms with Crippen LogP contribution in [0.3, 0.4) is 0 Å². The van der Waals surface area contributed by atoms with E-state index in [1.807, 2.05) is 6.07 Å². The highest BCUT2D eigenvalue weighted by molar-refractivity contribution is 9.10. The molecule has 11 nitrogen and oxygen atoms in total. The number of aliphatic carboxylic acids is 1. The van der Waals surface area contributed by atoms with Gasteiger partial charge >= 0.3 is 5.97 Å². The smallest absolute Gasteiger partial charge is 0.370 e. The molecule has 0 unspecified atom stereocenters. The van der Waals surface area contributed by atoms with Crippen LogP contribution in [0.1, 0.15) is 11.7 Å². The molecule has 2 aromatic rings. The largest absolute Gasteiger partial charge is 0.478 e. The van der Waals surface area contributed by atoms with Crippen LogP contribution < -0.4 is 5.32 Å². The van der Waals surface area contributed by atoms with Gasteiger partial charge in [-0.25, -0.2) is 9.48 Å². The van der Waals surface area contributed by atoms with Crippen molar-refractivity contribution in [2.24, 2.45) is 0 Å². The second-order valence-corrected chi connectivity index (χ2v) is 9.53. The van der Waals surface area contributed by atoms with Gasteiger partial charge in [-0.1, -0.05) is 34.8 Å². The molecule has 1 aliphatic heterocycles. The SMILES string of the molecule is N#Cc1c2cc(Br)c(Cl)cc2nn1[C@H]1C=C(C(=O)O)O[C@@H]([C@H](O)[C@H](O)CO)[C@@H]1NC(=O)C(Cl)Cl. The second-order valence-electron chi connectivity index (χ2n) is 7.17. The van der Waals surface area contributed by atoms with E-state index < -0.39 is 59.5 Å². The number of alkyl halides is 2. The van der Waals surface area contributed by atoms with Gasteiger partial charge in [0.15, 0.2) is 4.84 Å². The Kier molecular flexibility index (Phi) is 8.30. The van der Waals surface area contributed by atoms with E-state index in [9.17, 15) is 35.3 Å². The fourth-order valence-electron chi connectivity index (χ4n) is 3.49. The number of nitriles is 1. The van der Waals surface area contributed by atoms with Crippen molar-refractivity contribution < 1.29 is 34.8 Å². The zero-order valence-electron chi connectivity index (χ0n) is 16.8. The third kappa shape index (κ3) is 5.11. The summed E-state index contributed by atoms with van der Waals surface area (Å²) in [4.78, 5) is 22.6. The summed E-state index contributed by atoms with van der Waals surface area (Å²) in [6.07, 6.45) is -4.18. The van der Waals surface area contributed by atoms with Gasteiger partial charge in [0.05, 0.1) is 29.2 Å². The number of aliphatic hydroxyl groups excluding tert-OH is 3. The number of aromatic nitrogens is 2. The number of amides is 1. The Morgan fingerprint density at radius 1 is 1.35 bits per heavy atom. The van der Waals surface area contributed by atoms with E-state index in [2.05, 4.69) is 26.3 Å². The van der Waals surface area contributed by atoms with Crippen molar-refractivity contribution in [2.45, 2.75) is 35.2 Å². The number of hydrogen-bond acceptors (Lipinski definition) is 8. The molecule has 0 saturated heterocycles. The van der Waals surface area contributed by atoms with Crippen LogP contribution in [0.15, 0.2) is 28.4 Å². The maximum Gasteiger partial charge on any atom is 0.370 e. The third-order valence-corrected chi connectivity index (χ3v) is 6.66. The van der Waals surface area contributed by atoms with Crippen LogP contribution in [-0.4, -0.2) is 77.9 Å². The molecule has 1 aliphatic rings. The predicted octanol–water partition coefficient (Wildman–Crippen LogP) is 1.23. The van der Waals surface area contributed by atoms with Crippen molar-refractivity contribution in [1.29, 1.82) is 5.26 Å². The lowest BCUT2D eigenvalue weighted by atomic mass is 9.92. The van der Waals surface area contributed by atoms with Gasteiger partial charge in [-0.15, -0.1) is 0 Å². The first-order valence-electron chi connectivity index (χ1n) is 9.44. The van der Waals surface area contributed by atoms with Gasteiger partial charge in [0.2, 0.25) is 5.76 Å². The molecule has 34 heavy (non-hydrogen) atoms. The zero-order chi connectivity index (χ0) is 25.3. The molecule has 1 aromatic carbocycles. The summed E-state index contributed by atoms with van der Waals surface area (Å²) in [6.45, 7) is -0.895. The number of ether oxygens (including phenoxy) is 1. The molecule has 15 heteroatoms. The number of aliphatic hydroxyl groups is 3. The van der Waals surface area contributed by atoms with Crippen LogP contribution in [0.4, 0.5) is 0 Å². The Morgan fingerprint density at radius 3 is 2.59 bits per heavy atom. The number of carbonyl (C=O) groups is 2. The van der Waals surface area contributed by atoms with E-state index in [-0.39, 0.29) is 11.2 Å². The molecule has 1 amide bonds.